The standard InChI is InChI=1S/C24H26Cl2FNO2S/c1-23(2)12-16-7-10-28(31(29,30)14-15-3-5-18(25)19(26)11-15)13-17-4-6-20(27)22(21(16)17)24(23)8-9-24/h3-6,11,16H,7-10,12-14H2,1-2H3. The Labute approximate surface area is 193 Å². The van der Waals surface area contributed by atoms with Crippen LogP contribution in [0.2, 0.25) is 10.0 Å². The van der Waals surface area contributed by atoms with E-state index in [0.29, 0.717) is 35.1 Å². The summed E-state index contributed by atoms with van der Waals surface area (Å²) in [6.45, 7) is 5.23. The second-order valence-corrected chi connectivity index (χ2v) is 12.8. The molecule has 5 rings (SSSR count). The van der Waals surface area contributed by atoms with Gasteiger partial charge in [-0.2, -0.15) is 4.31 Å². The maximum Gasteiger partial charge on any atom is 0.218 e. The van der Waals surface area contributed by atoms with Gasteiger partial charge >= 0.3 is 0 Å². The molecule has 7 heteroatoms. The van der Waals surface area contributed by atoms with Crippen molar-refractivity contribution in [3.05, 3.63) is 68.4 Å². The lowest BCUT2D eigenvalue weighted by molar-refractivity contribution is 0.190. The predicted octanol–water partition coefficient (Wildman–Crippen LogP) is 6.41. The molecule has 1 unspecified atom stereocenters. The van der Waals surface area contributed by atoms with Crippen LogP contribution in [0.15, 0.2) is 30.3 Å². The van der Waals surface area contributed by atoms with Crippen molar-refractivity contribution in [2.45, 2.75) is 63.2 Å². The maximum absolute atomic E-state index is 15.1. The van der Waals surface area contributed by atoms with Crippen molar-refractivity contribution in [1.82, 2.24) is 4.31 Å². The molecule has 2 aromatic carbocycles. The SMILES string of the molecule is CC1(C)CC2CCN(S(=O)(=O)Cc3ccc(Cl)c(Cl)c3)Cc3ccc(F)c(c32)C12CC2. The van der Waals surface area contributed by atoms with Crippen LogP contribution in [-0.2, 0) is 27.7 Å². The van der Waals surface area contributed by atoms with Crippen LogP contribution in [0.3, 0.4) is 0 Å². The van der Waals surface area contributed by atoms with Crippen molar-refractivity contribution in [2.24, 2.45) is 5.41 Å². The fourth-order valence-corrected chi connectivity index (χ4v) is 7.84. The van der Waals surface area contributed by atoms with Gasteiger partial charge in [-0.3, -0.25) is 0 Å². The summed E-state index contributed by atoms with van der Waals surface area (Å²) >= 11 is 12.1. The molecule has 3 nitrogen and oxygen atoms in total. The number of rotatable bonds is 3. The van der Waals surface area contributed by atoms with Gasteiger partial charge in [-0.15, -0.1) is 0 Å². The first-order valence-corrected chi connectivity index (χ1v) is 13.1. The van der Waals surface area contributed by atoms with Crippen molar-refractivity contribution < 1.29 is 12.8 Å². The van der Waals surface area contributed by atoms with Crippen molar-refractivity contribution in [3.8, 4) is 0 Å². The van der Waals surface area contributed by atoms with E-state index >= 15 is 4.39 Å². The fraction of sp³-hybridized carbons (Fsp3) is 0.500. The normalized spacial score (nSPS) is 24.0. The molecule has 1 saturated carbocycles. The maximum atomic E-state index is 15.1. The van der Waals surface area contributed by atoms with E-state index < -0.39 is 10.0 Å². The Morgan fingerprint density at radius 1 is 1.13 bits per heavy atom. The fourth-order valence-electron chi connectivity index (χ4n) is 6.01. The van der Waals surface area contributed by atoms with E-state index in [1.165, 1.54) is 0 Å². The lowest BCUT2D eigenvalue weighted by atomic mass is 9.59. The number of hydrogen-bond donors (Lipinski definition) is 0. The molecule has 0 bridgehead atoms. The van der Waals surface area contributed by atoms with Crippen LogP contribution in [0.25, 0.3) is 0 Å². The lowest BCUT2D eigenvalue weighted by Crippen LogP contribution is -2.38. The molecule has 2 aromatic rings. The van der Waals surface area contributed by atoms with E-state index in [-0.39, 0.29) is 28.3 Å². The Morgan fingerprint density at radius 3 is 2.55 bits per heavy atom. The Balaban J connectivity index is 1.51. The van der Waals surface area contributed by atoms with E-state index in [4.69, 9.17) is 23.2 Å². The molecule has 0 amide bonds. The second-order valence-electron chi connectivity index (χ2n) is 9.99. The molecule has 3 aliphatic rings. The molecule has 0 saturated heterocycles. The van der Waals surface area contributed by atoms with Crippen LogP contribution in [0.1, 0.15) is 67.7 Å². The van der Waals surface area contributed by atoms with E-state index in [1.807, 2.05) is 0 Å². The van der Waals surface area contributed by atoms with Gasteiger partial charge in [0.15, 0.2) is 0 Å². The second kappa shape index (κ2) is 7.18. The minimum Gasteiger partial charge on any atom is -0.212 e. The number of hydrogen-bond acceptors (Lipinski definition) is 2. The van der Waals surface area contributed by atoms with Gasteiger partial charge in [0.25, 0.3) is 0 Å². The van der Waals surface area contributed by atoms with Crippen molar-refractivity contribution >= 4 is 33.2 Å². The topological polar surface area (TPSA) is 37.4 Å². The van der Waals surface area contributed by atoms with Gasteiger partial charge in [-0.25, -0.2) is 12.8 Å². The summed E-state index contributed by atoms with van der Waals surface area (Å²) in [5.74, 6) is -0.0684. The van der Waals surface area contributed by atoms with Gasteiger partial charge in [0.1, 0.15) is 5.82 Å². The molecule has 1 atom stereocenters. The highest BCUT2D eigenvalue weighted by Gasteiger charge is 2.61. The third kappa shape index (κ3) is 3.43. The number of nitrogens with zero attached hydrogens (tertiary/aromatic N) is 1. The Hall–Kier alpha value is -1.14. The molecule has 2 aliphatic carbocycles. The third-order valence-electron chi connectivity index (χ3n) is 7.77. The van der Waals surface area contributed by atoms with Gasteiger partial charge in [-0.05, 0) is 77.5 Å². The largest absolute Gasteiger partial charge is 0.218 e. The highest BCUT2D eigenvalue weighted by molar-refractivity contribution is 7.88. The number of fused-ring (bicyclic) bond motifs is 1. The average Bonchev–Trinajstić information content (AvgIpc) is 3.49. The van der Waals surface area contributed by atoms with E-state index in [1.54, 1.807) is 34.6 Å². The van der Waals surface area contributed by atoms with Crippen LogP contribution in [0.5, 0.6) is 0 Å². The van der Waals surface area contributed by atoms with Crippen LogP contribution >= 0.6 is 23.2 Å². The number of sulfonamides is 1. The molecule has 166 valence electrons. The summed E-state index contributed by atoms with van der Waals surface area (Å²) in [5, 5.41) is 0.748. The summed E-state index contributed by atoms with van der Waals surface area (Å²) in [4.78, 5) is 0. The molecule has 0 aromatic heterocycles. The smallest absolute Gasteiger partial charge is 0.212 e. The molecule has 1 spiro atoms. The van der Waals surface area contributed by atoms with Crippen LogP contribution < -0.4 is 0 Å². The summed E-state index contributed by atoms with van der Waals surface area (Å²) in [6.07, 6.45) is 3.71. The molecule has 0 radical (unpaired) electrons. The molecular formula is C24H26Cl2FNO2S. The van der Waals surface area contributed by atoms with Crippen molar-refractivity contribution in [1.29, 1.82) is 0 Å². The summed E-state index contributed by atoms with van der Waals surface area (Å²) in [6, 6.07) is 8.26. The Kier molecular flexibility index (Phi) is 5.02. The summed E-state index contributed by atoms with van der Waals surface area (Å²) < 4.78 is 43.3. The predicted molar refractivity (Wildman–Crippen MR) is 123 cm³/mol. The van der Waals surface area contributed by atoms with Gasteiger partial charge in [-0.1, -0.05) is 49.2 Å². The molecule has 1 aliphatic heterocycles. The first-order chi connectivity index (χ1) is 14.5. The monoisotopic (exact) mass is 481 g/mol. The highest BCUT2D eigenvalue weighted by Crippen LogP contribution is 2.68. The zero-order chi connectivity index (χ0) is 22.2. The van der Waals surface area contributed by atoms with Crippen molar-refractivity contribution in [3.63, 3.8) is 0 Å². The van der Waals surface area contributed by atoms with E-state index in [9.17, 15) is 8.42 Å². The van der Waals surface area contributed by atoms with Crippen molar-refractivity contribution in [2.75, 3.05) is 6.54 Å². The van der Waals surface area contributed by atoms with Gasteiger partial charge in [0, 0.05) is 18.5 Å². The average molecular weight is 482 g/mol. The van der Waals surface area contributed by atoms with Crippen LogP contribution in [0.4, 0.5) is 4.39 Å². The lowest BCUT2D eigenvalue weighted by Gasteiger charge is -2.45. The first kappa shape index (κ1) is 21.7. The molecule has 1 fully saturated rings. The van der Waals surface area contributed by atoms with E-state index in [0.717, 1.165) is 36.0 Å². The number of halogens is 3. The first-order valence-electron chi connectivity index (χ1n) is 10.8. The molecule has 0 N–H and O–H groups in total. The van der Waals surface area contributed by atoms with Crippen LogP contribution in [0, 0.1) is 11.2 Å². The number of benzene rings is 2. The van der Waals surface area contributed by atoms with Gasteiger partial charge in [0.05, 0.1) is 15.8 Å². The third-order valence-corrected chi connectivity index (χ3v) is 10.3. The minimum absolute atomic E-state index is 0.0121. The van der Waals surface area contributed by atoms with Gasteiger partial charge in [0.2, 0.25) is 10.0 Å². The molecular weight excluding hydrogens is 456 g/mol. The van der Waals surface area contributed by atoms with Gasteiger partial charge < -0.3 is 0 Å². The summed E-state index contributed by atoms with van der Waals surface area (Å²) in [7, 11) is -3.57. The van der Waals surface area contributed by atoms with Crippen LogP contribution in [-0.4, -0.2) is 19.3 Å². The highest BCUT2D eigenvalue weighted by atomic mass is 35.5. The molecule has 1 heterocycles. The Morgan fingerprint density at radius 2 is 1.87 bits per heavy atom. The quantitative estimate of drug-likeness (QED) is 0.507. The summed E-state index contributed by atoms with van der Waals surface area (Å²) in [5.41, 5.74) is 3.45. The van der Waals surface area contributed by atoms with E-state index in [2.05, 4.69) is 13.8 Å². The minimum atomic E-state index is -3.57. The Bertz CT molecular complexity index is 1170. The zero-order valence-electron chi connectivity index (χ0n) is 17.7. The molecule has 31 heavy (non-hydrogen) atoms. The zero-order valence-corrected chi connectivity index (χ0v) is 20.0.